The first-order chi connectivity index (χ1) is 9.53. The van der Waals surface area contributed by atoms with Gasteiger partial charge in [-0.25, -0.2) is 0 Å². The van der Waals surface area contributed by atoms with E-state index >= 15 is 0 Å². The molecule has 112 valence electrons. The third-order valence-electron chi connectivity index (χ3n) is 3.47. The summed E-state index contributed by atoms with van der Waals surface area (Å²) < 4.78 is 10.4. The fraction of sp³-hybridized carbons (Fsp3) is 0.533. The van der Waals surface area contributed by atoms with Gasteiger partial charge in [0.2, 0.25) is 5.91 Å². The summed E-state index contributed by atoms with van der Waals surface area (Å²) in [4.78, 5) is 13.7. The summed E-state index contributed by atoms with van der Waals surface area (Å²) in [5, 5.41) is 0. The molecule has 1 amide bonds. The molecule has 0 saturated heterocycles. The molecule has 1 unspecified atom stereocenters. The molecule has 1 aromatic carbocycles. The van der Waals surface area contributed by atoms with Crippen molar-refractivity contribution in [2.24, 2.45) is 5.73 Å². The van der Waals surface area contributed by atoms with Crippen LogP contribution >= 0.6 is 0 Å². The number of nitrogens with zero attached hydrogens (tertiary/aromatic N) is 1. The van der Waals surface area contributed by atoms with Crippen molar-refractivity contribution in [3.05, 3.63) is 23.8 Å². The Kier molecular flexibility index (Phi) is 6.31. The summed E-state index contributed by atoms with van der Waals surface area (Å²) >= 11 is 0. The van der Waals surface area contributed by atoms with Gasteiger partial charge in [-0.15, -0.1) is 0 Å². The summed E-state index contributed by atoms with van der Waals surface area (Å²) in [7, 11) is 4.99. The molecule has 0 radical (unpaired) electrons. The fourth-order valence-corrected chi connectivity index (χ4v) is 1.87. The zero-order valence-electron chi connectivity index (χ0n) is 12.7. The molecule has 0 spiro atoms. The van der Waals surface area contributed by atoms with E-state index in [9.17, 15) is 4.79 Å². The van der Waals surface area contributed by atoms with Gasteiger partial charge >= 0.3 is 0 Å². The number of carbonyl (C=O) groups is 1. The number of nitrogens with two attached hydrogens (primary N) is 1. The minimum atomic E-state index is 0.0629. The van der Waals surface area contributed by atoms with Crippen LogP contribution in [0, 0.1) is 0 Å². The van der Waals surface area contributed by atoms with Crippen molar-refractivity contribution in [3.63, 3.8) is 0 Å². The number of benzene rings is 1. The van der Waals surface area contributed by atoms with Crippen LogP contribution in [-0.2, 0) is 11.2 Å². The lowest BCUT2D eigenvalue weighted by atomic mass is 10.1. The number of hydrogen-bond donors (Lipinski definition) is 1. The van der Waals surface area contributed by atoms with E-state index in [1.165, 1.54) is 0 Å². The number of hydrogen-bond acceptors (Lipinski definition) is 4. The first-order valence-corrected chi connectivity index (χ1v) is 6.70. The minimum Gasteiger partial charge on any atom is -0.493 e. The molecule has 1 aromatic rings. The lowest BCUT2D eigenvalue weighted by Crippen LogP contribution is -2.39. The molecule has 0 aliphatic carbocycles. The van der Waals surface area contributed by atoms with E-state index in [2.05, 4.69) is 0 Å². The second-order valence-corrected chi connectivity index (χ2v) is 4.78. The third-order valence-corrected chi connectivity index (χ3v) is 3.47. The average molecular weight is 280 g/mol. The molecular weight excluding hydrogens is 256 g/mol. The molecule has 5 nitrogen and oxygen atoms in total. The number of rotatable bonds is 7. The molecule has 5 heteroatoms. The number of aryl methyl sites for hydroxylation is 1. The quantitative estimate of drug-likeness (QED) is 0.821. The smallest absolute Gasteiger partial charge is 0.222 e. The van der Waals surface area contributed by atoms with Gasteiger partial charge in [0.05, 0.1) is 14.2 Å². The van der Waals surface area contributed by atoms with Gasteiger partial charge in [-0.2, -0.15) is 0 Å². The van der Waals surface area contributed by atoms with Gasteiger partial charge in [0.25, 0.3) is 0 Å². The van der Waals surface area contributed by atoms with Crippen LogP contribution in [0.15, 0.2) is 18.2 Å². The second kappa shape index (κ2) is 7.75. The summed E-state index contributed by atoms with van der Waals surface area (Å²) in [5.74, 6) is 1.47. The number of carbonyl (C=O) groups excluding carboxylic acids is 1. The summed E-state index contributed by atoms with van der Waals surface area (Å²) in [6.45, 7) is 2.41. The molecule has 0 fully saturated rings. The summed E-state index contributed by atoms with van der Waals surface area (Å²) in [6.07, 6.45) is 1.12. The van der Waals surface area contributed by atoms with Crippen molar-refractivity contribution in [1.82, 2.24) is 4.90 Å². The Hall–Kier alpha value is -1.75. The Morgan fingerprint density at radius 1 is 1.30 bits per heavy atom. The topological polar surface area (TPSA) is 64.8 Å². The molecule has 1 rings (SSSR count). The van der Waals surface area contributed by atoms with E-state index in [-0.39, 0.29) is 11.9 Å². The Bertz CT molecular complexity index is 449. The lowest BCUT2D eigenvalue weighted by molar-refractivity contribution is -0.131. The van der Waals surface area contributed by atoms with E-state index in [4.69, 9.17) is 15.2 Å². The molecule has 0 bridgehead atoms. The van der Waals surface area contributed by atoms with Crippen molar-refractivity contribution in [1.29, 1.82) is 0 Å². The highest BCUT2D eigenvalue weighted by Gasteiger charge is 2.14. The van der Waals surface area contributed by atoms with Crippen LogP contribution in [0.3, 0.4) is 0 Å². The Morgan fingerprint density at radius 2 is 1.95 bits per heavy atom. The van der Waals surface area contributed by atoms with Crippen LogP contribution in [0.5, 0.6) is 11.5 Å². The van der Waals surface area contributed by atoms with Crippen LogP contribution in [0.2, 0.25) is 0 Å². The molecule has 0 aliphatic rings. The molecule has 0 aromatic heterocycles. The fourth-order valence-electron chi connectivity index (χ4n) is 1.87. The molecule has 20 heavy (non-hydrogen) atoms. The van der Waals surface area contributed by atoms with Crippen LogP contribution in [0.4, 0.5) is 0 Å². The largest absolute Gasteiger partial charge is 0.493 e. The van der Waals surface area contributed by atoms with Gasteiger partial charge in [0, 0.05) is 26.1 Å². The van der Waals surface area contributed by atoms with Crippen molar-refractivity contribution in [2.45, 2.75) is 25.8 Å². The lowest BCUT2D eigenvalue weighted by Gasteiger charge is -2.23. The van der Waals surface area contributed by atoms with E-state index in [0.29, 0.717) is 30.9 Å². The van der Waals surface area contributed by atoms with E-state index < -0.39 is 0 Å². The molecule has 0 saturated carbocycles. The van der Waals surface area contributed by atoms with Gasteiger partial charge in [-0.3, -0.25) is 4.79 Å². The molecule has 1 atom stereocenters. The highest BCUT2D eigenvalue weighted by Crippen LogP contribution is 2.28. The summed E-state index contributed by atoms with van der Waals surface area (Å²) in [6, 6.07) is 5.76. The van der Waals surface area contributed by atoms with Gasteiger partial charge in [0.1, 0.15) is 0 Å². The predicted molar refractivity (Wildman–Crippen MR) is 79.2 cm³/mol. The summed E-state index contributed by atoms with van der Waals surface area (Å²) in [5.41, 5.74) is 6.61. The minimum absolute atomic E-state index is 0.0629. The average Bonchev–Trinajstić information content (AvgIpc) is 2.50. The highest BCUT2D eigenvalue weighted by atomic mass is 16.5. The zero-order chi connectivity index (χ0) is 15.1. The van der Waals surface area contributed by atoms with Crippen molar-refractivity contribution < 1.29 is 14.3 Å². The first-order valence-electron chi connectivity index (χ1n) is 6.70. The van der Waals surface area contributed by atoms with E-state index in [1.54, 1.807) is 26.2 Å². The monoisotopic (exact) mass is 280 g/mol. The number of methoxy groups -OCH3 is 2. The van der Waals surface area contributed by atoms with Crippen LogP contribution in [0.25, 0.3) is 0 Å². The number of amides is 1. The first kappa shape index (κ1) is 16.3. The Labute approximate surface area is 120 Å². The Balaban J connectivity index is 2.64. The van der Waals surface area contributed by atoms with E-state index in [0.717, 1.165) is 5.56 Å². The third kappa shape index (κ3) is 4.13. The van der Waals surface area contributed by atoms with E-state index in [1.807, 2.05) is 25.1 Å². The maximum atomic E-state index is 12.0. The van der Waals surface area contributed by atoms with Gasteiger partial charge in [-0.05, 0) is 31.0 Å². The maximum Gasteiger partial charge on any atom is 0.222 e. The maximum absolute atomic E-state index is 12.0. The van der Waals surface area contributed by atoms with Gasteiger partial charge < -0.3 is 20.1 Å². The zero-order valence-corrected chi connectivity index (χ0v) is 12.7. The molecular formula is C15H24N2O3. The van der Waals surface area contributed by atoms with Crippen LogP contribution < -0.4 is 15.2 Å². The SMILES string of the molecule is COc1ccc(CCC(=O)N(C)C(C)CN)cc1OC. The van der Waals surface area contributed by atoms with Crippen molar-refractivity contribution in [2.75, 3.05) is 27.8 Å². The molecule has 0 aliphatic heterocycles. The number of likely N-dealkylation sites (N-methyl/N-ethyl adjacent to an activating group) is 1. The standard InChI is InChI=1S/C15H24N2O3/c1-11(10-16)17(2)15(18)8-6-12-5-7-13(19-3)14(9-12)20-4/h5,7,9,11H,6,8,10,16H2,1-4H3. The van der Waals surface area contributed by atoms with Crippen molar-refractivity contribution >= 4 is 5.91 Å². The predicted octanol–water partition coefficient (Wildman–Crippen LogP) is 1.44. The molecule has 0 heterocycles. The normalized spacial score (nSPS) is 11.8. The highest BCUT2D eigenvalue weighted by molar-refractivity contribution is 5.76. The second-order valence-electron chi connectivity index (χ2n) is 4.78. The van der Waals surface area contributed by atoms with Gasteiger partial charge in [0.15, 0.2) is 11.5 Å². The molecule has 2 N–H and O–H groups in total. The Morgan fingerprint density at radius 3 is 2.50 bits per heavy atom. The number of ether oxygens (including phenoxy) is 2. The van der Waals surface area contributed by atoms with Gasteiger partial charge in [-0.1, -0.05) is 6.07 Å². The van der Waals surface area contributed by atoms with Crippen molar-refractivity contribution in [3.8, 4) is 11.5 Å². The van der Waals surface area contributed by atoms with Crippen LogP contribution in [0.1, 0.15) is 18.9 Å². The van der Waals surface area contributed by atoms with Crippen LogP contribution in [-0.4, -0.2) is 44.7 Å².